The van der Waals surface area contributed by atoms with E-state index in [0.717, 1.165) is 10.7 Å². The van der Waals surface area contributed by atoms with E-state index < -0.39 is 0 Å². The molecule has 0 atom stereocenters. The topological polar surface area (TPSA) is 60.5 Å². The second-order valence-electron chi connectivity index (χ2n) is 5.55. The molecule has 2 aromatic rings. The van der Waals surface area contributed by atoms with Crippen LogP contribution in [-0.2, 0) is 0 Å². The summed E-state index contributed by atoms with van der Waals surface area (Å²) >= 11 is 1.51. The van der Waals surface area contributed by atoms with Crippen molar-refractivity contribution in [2.24, 2.45) is 0 Å². The highest BCUT2D eigenvalue weighted by molar-refractivity contribution is 7.14. The summed E-state index contributed by atoms with van der Waals surface area (Å²) in [5.74, 6) is 1.84. The number of nitrogens with one attached hydrogen (secondary N) is 1. The second-order valence-corrected chi connectivity index (χ2v) is 6.58. The van der Waals surface area contributed by atoms with E-state index in [9.17, 15) is 4.79 Å². The van der Waals surface area contributed by atoms with Gasteiger partial charge in [-0.2, -0.15) is 0 Å². The number of nitrogens with zero attached hydrogens (tertiary/aromatic N) is 1. The number of hydrogen-bond donors (Lipinski definition) is 1. The van der Waals surface area contributed by atoms with Crippen molar-refractivity contribution in [1.29, 1.82) is 0 Å². The Labute approximate surface area is 132 Å². The van der Waals surface area contributed by atoms with Gasteiger partial charge in [0.05, 0.1) is 10.7 Å². The molecule has 0 spiro atoms. The molecule has 2 aliphatic rings. The van der Waals surface area contributed by atoms with E-state index in [1.54, 1.807) is 6.07 Å². The number of rotatable bonds is 3. The van der Waals surface area contributed by atoms with Crippen molar-refractivity contribution in [2.75, 3.05) is 18.5 Å². The number of fused-ring (bicyclic) bond motifs is 1. The number of amides is 1. The standard InChI is InChI=1S/C16H16N2O3S/c1-9-14(22-16(17-9)10-2-3-10)15(19)18-11-4-5-12-13(8-11)21-7-6-20-12/h4-5,8,10H,2-3,6-7H2,1H3,(H,18,19). The molecule has 114 valence electrons. The monoisotopic (exact) mass is 316 g/mol. The van der Waals surface area contributed by atoms with E-state index in [-0.39, 0.29) is 5.91 Å². The third-order valence-electron chi connectivity index (χ3n) is 3.75. The van der Waals surface area contributed by atoms with Gasteiger partial charge in [-0.15, -0.1) is 11.3 Å². The molecule has 1 aliphatic heterocycles. The van der Waals surface area contributed by atoms with E-state index >= 15 is 0 Å². The zero-order valence-electron chi connectivity index (χ0n) is 12.2. The molecule has 1 aromatic heterocycles. The van der Waals surface area contributed by atoms with E-state index in [2.05, 4.69) is 10.3 Å². The van der Waals surface area contributed by atoms with Gasteiger partial charge in [-0.25, -0.2) is 4.98 Å². The Bertz CT molecular complexity index is 737. The van der Waals surface area contributed by atoms with Gasteiger partial charge >= 0.3 is 0 Å². The van der Waals surface area contributed by atoms with Crippen LogP contribution >= 0.6 is 11.3 Å². The Kier molecular flexibility index (Phi) is 3.26. The molecule has 5 nitrogen and oxygen atoms in total. The molecule has 4 rings (SSSR count). The second kappa shape index (κ2) is 5.28. The van der Waals surface area contributed by atoms with Gasteiger partial charge in [-0.05, 0) is 31.9 Å². The predicted octanol–water partition coefficient (Wildman–Crippen LogP) is 3.35. The van der Waals surface area contributed by atoms with Crippen LogP contribution in [0.5, 0.6) is 11.5 Å². The summed E-state index contributed by atoms with van der Waals surface area (Å²) in [5, 5.41) is 4.01. The summed E-state index contributed by atoms with van der Waals surface area (Å²) in [4.78, 5) is 17.7. The zero-order chi connectivity index (χ0) is 15.1. The summed E-state index contributed by atoms with van der Waals surface area (Å²) in [6.07, 6.45) is 2.38. The molecule has 0 unspecified atom stereocenters. The van der Waals surface area contributed by atoms with Crippen molar-refractivity contribution in [3.05, 3.63) is 33.8 Å². The molecule has 22 heavy (non-hydrogen) atoms. The van der Waals surface area contributed by atoms with Gasteiger partial charge in [0, 0.05) is 17.7 Å². The smallest absolute Gasteiger partial charge is 0.267 e. The molecule has 0 radical (unpaired) electrons. The molecule has 1 aromatic carbocycles. The maximum atomic E-state index is 12.4. The van der Waals surface area contributed by atoms with Crippen LogP contribution in [0, 0.1) is 6.92 Å². The number of carbonyl (C=O) groups excluding carboxylic acids is 1. The first kappa shape index (κ1) is 13.6. The van der Waals surface area contributed by atoms with Crippen molar-refractivity contribution in [2.45, 2.75) is 25.7 Å². The van der Waals surface area contributed by atoms with Crippen LogP contribution in [0.2, 0.25) is 0 Å². The molecule has 0 saturated heterocycles. The number of ether oxygens (including phenoxy) is 2. The minimum absolute atomic E-state index is 0.112. The van der Waals surface area contributed by atoms with Gasteiger partial charge in [0.25, 0.3) is 5.91 Å². The van der Waals surface area contributed by atoms with Gasteiger partial charge in [0.15, 0.2) is 11.5 Å². The SMILES string of the molecule is Cc1nc(C2CC2)sc1C(=O)Nc1ccc2c(c1)OCCO2. The predicted molar refractivity (Wildman–Crippen MR) is 84.2 cm³/mol. The van der Waals surface area contributed by atoms with Crippen LogP contribution in [0.4, 0.5) is 5.69 Å². The number of anilines is 1. The highest BCUT2D eigenvalue weighted by atomic mass is 32.1. The summed E-state index contributed by atoms with van der Waals surface area (Å²) in [5.41, 5.74) is 1.51. The number of benzene rings is 1. The van der Waals surface area contributed by atoms with Gasteiger partial charge in [-0.1, -0.05) is 0 Å². The summed E-state index contributed by atoms with van der Waals surface area (Å²) in [7, 11) is 0. The minimum atomic E-state index is -0.112. The largest absolute Gasteiger partial charge is 0.486 e. The molecule has 1 fully saturated rings. The lowest BCUT2D eigenvalue weighted by atomic mass is 10.2. The van der Waals surface area contributed by atoms with Gasteiger partial charge in [0.1, 0.15) is 18.1 Å². The number of hydrogen-bond acceptors (Lipinski definition) is 5. The van der Waals surface area contributed by atoms with Crippen molar-refractivity contribution in [3.8, 4) is 11.5 Å². The van der Waals surface area contributed by atoms with E-state index in [1.165, 1.54) is 24.2 Å². The average Bonchev–Trinajstić information content (AvgIpc) is 3.30. The van der Waals surface area contributed by atoms with Crippen molar-refractivity contribution < 1.29 is 14.3 Å². The normalized spacial score (nSPS) is 16.4. The molecule has 2 heterocycles. The number of thiazole rings is 1. The van der Waals surface area contributed by atoms with Crippen LogP contribution in [0.1, 0.15) is 39.1 Å². The van der Waals surface area contributed by atoms with E-state index in [4.69, 9.17) is 9.47 Å². The highest BCUT2D eigenvalue weighted by Crippen LogP contribution is 2.42. The molecule has 1 aliphatic carbocycles. The van der Waals surface area contributed by atoms with Crippen LogP contribution < -0.4 is 14.8 Å². The van der Waals surface area contributed by atoms with Crippen LogP contribution in [0.25, 0.3) is 0 Å². The minimum Gasteiger partial charge on any atom is -0.486 e. The van der Waals surface area contributed by atoms with Gasteiger partial charge in [0.2, 0.25) is 0 Å². The Morgan fingerprint density at radius 1 is 1.27 bits per heavy atom. The lowest BCUT2D eigenvalue weighted by molar-refractivity contribution is 0.102. The fourth-order valence-corrected chi connectivity index (χ4v) is 3.57. The fourth-order valence-electron chi connectivity index (χ4n) is 2.44. The quantitative estimate of drug-likeness (QED) is 0.943. The van der Waals surface area contributed by atoms with Crippen LogP contribution in [0.15, 0.2) is 18.2 Å². The fraction of sp³-hybridized carbons (Fsp3) is 0.375. The van der Waals surface area contributed by atoms with Gasteiger partial charge < -0.3 is 14.8 Å². The first-order valence-corrected chi connectivity index (χ1v) is 8.20. The number of aromatic nitrogens is 1. The van der Waals surface area contributed by atoms with E-state index in [1.807, 2.05) is 19.1 Å². The third kappa shape index (κ3) is 2.54. The lowest BCUT2D eigenvalue weighted by Crippen LogP contribution is -2.16. The van der Waals surface area contributed by atoms with E-state index in [0.29, 0.717) is 41.2 Å². The molecular formula is C16H16N2O3S. The van der Waals surface area contributed by atoms with Crippen LogP contribution in [-0.4, -0.2) is 24.1 Å². The first-order valence-electron chi connectivity index (χ1n) is 7.39. The Morgan fingerprint density at radius 2 is 2.05 bits per heavy atom. The summed E-state index contributed by atoms with van der Waals surface area (Å²) in [6.45, 7) is 2.98. The average molecular weight is 316 g/mol. The first-order chi connectivity index (χ1) is 10.7. The molecule has 1 N–H and O–H groups in total. The van der Waals surface area contributed by atoms with Crippen molar-refractivity contribution >= 4 is 22.9 Å². The Balaban J connectivity index is 1.54. The summed E-state index contributed by atoms with van der Waals surface area (Å²) < 4.78 is 11.0. The van der Waals surface area contributed by atoms with Crippen LogP contribution in [0.3, 0.4) is 0 Å². The number of carbonyl (C=O) groups is 1. The third-order valence-corrected chi connectivity index (χ3v) is 5.06. The summed E-state index contributed by atoms with van der Waals surface area (Å²) in [6, 6.07) is 5.44. The molecule has 1 amide bonds. The number of aryl methyl sites for hydroxylation is 1. The maximum absolute atomic E-state index is 12.4. The molecule has 6 heteroatoms. The van der Waals surface area contributed by atoms with Crippen molar-refractivity contribution in [1.82, 2.24) is 4.98 Å². The van der Waals surface area contributed by atoms with Crippen molar-refractivity contribution in [3.63, 3.8) is 0 Å². The Hall–Kier alpha value is -2.08. The highest BCUT2D eigenvalue weighted by Gasteiger charge is 2.29. The lowest BCUT2D eigenvalue weighted by Gasteiger charge is -2.18. The molecule has 1 saturated carbocycles. The zero-order valence-corrected chi connectivity index (χ0v) is 13.0. The molecule has 0 bridgehead atoms. The van der Waals surface area contributed by atoms with Gasteiger partial charge in [-0.3, -0.25) is 4.79 Å². The maximum Gasteiger partial charge on any atom is 0.267 e. The Morgan fingerprint density at radius 3 is 2.82 bits per heavy atom. The molecular weight excluding hydrogens is 300 g/mol.